The molecule has 1 heterocycles. The van der Waals surface area contributed by atoms with Crippen LogP contribution in [-0.4, -0.2) is 18.1 Å². The van der Waals surface area contributed by atoms with Crippen molar-refractivity contribution in [3.05, 3.63) is 41.2 Å². The molecule has 88 valence electrons. The van der Waals surface area contributed by atoms with Crippen molar-refractivity contribution in [2.75, 3.05) is 7.05 Å². The van der Waals surface area contributed by atoms with Crippen LogP contribution in [0.4, 0.5) is 0 Å². The van der Waals surface area contributed by atoms with Gasteiger partial charge in [0.2, 0.25) is 0 Å². The Hall–Kier alpha value is -2.10. The lowest BCUT2D eigenvalue weighted by Crippen LogP contribution is -2.18. The van der Waals surface area contributed by atoms with Crippen molar-refractivity contribution in [2.24, 2.45) is 0 Å². The summed E-state index contributed by atoms with van der Waals surface area (Å²) in [5.41, 5.74) is 3.12. The minimum atomic E-state index is -0.181. The number of benzene rings is 1. The zero-order valence-corrected chi connectivity index (χ0v) is 10.1. The van der Waals surface area contributed by atoms with Crippen molar-refractivity contribution in [3.8, 4) is 11.3 Å². The fourth-order valence-electron chi connectivity index (χ4n) is 1.67. The molecule has 0 aliphatic heterocycles. The number of hydrogen-bond acceptors (Lipinski definition) is 3. The van der Waals surface area contributed by atoms with E-state index in [1.54, 1.807) is 14.0 Å². The monoisotopic (exact) mass is 230 g/mol. The lowest BCUT2D eigenvalue weighted by atomic mass is 10.0. The predicted octanol–water partition coefficient (Wildman–Crippen LogP) is 2.32. The Morgan fingerprint density at radius 3 is 2.47 bits per heavy atom. The summed E-state index contributed by atoms with van der Waals surface area (Å²) in [5, 5.41) is 6.54. The summed E-state index contributed by atoms with van der Waals surface area (Å²) in [4.78, 5) is 11.7. The highest BCUT2D eigenvalue weighted by atomic mass is 16.5. The normalized spacial score (nSPS) is 10.3. The molecule has 4 heteroatoms. The second-order valence-electron chi connectivity index (χ2n) is 3.91. The van der Waals surface area contributed by atoms with Crippen molar-refractivity contribution in [2.45, 2.75) is 13.8 Å². The van der Waals surface area contributed by atoms with Gasteiger partial charge in [-0.1, -0.05) is 35.0 Å². The molecule has 4 nitrogen and oxygen atoms in total. The van der Waals surface area contributed by atoms with Crippen LogP contribution in [0.5, 0.6) is 0 Å². The minimum Gasteiger partial charge on any atom is -0.360 e. The number of hydrogen-bond donors (Lipinski definition) is 1. The molecule has 0 aliphatic rings. The maximum Gasteiger partial charge on any atom is 0.256 e. The van der Waals surface area contributed by atoms with Crippen molar-refractivity contribution in [1.82, 2.24) is 10.5 Å². The first-order valence-electron chi connectivity index (χ1n) is 5.39. The summed E-state index contributed by atoms with van der Waals surface area (Å²) in [6.45, 7) is 3.74. The Bertz CT molecular complexity index is 541. The number of nitrogens with zero attached hydrogens (tertiary/aromatic N) is 1. The van der Waals surface area contributed by atoms with Gasteiger partial charge in [0.15, 0.2) is 0 Å². The van der Waals surface area contributed by atoms with E-state index in [4.69, 9.17) is 4.52 Å². The first-order valence-corrected chi connectivity index (χ1v) is 5.39. The zero-order chi connectivity index (χ0) is 12.4. The van der Waals surface area contributed by atoms with E-state index in [1.165, 1.54) is 0 Å². The third-order valence-electron chi connectivity index (χ3n) is 2.64. The van der Waals surface area contributed by atoms with E-state index >= 15 is 0 Å². The molecular weight excluding hydrogens is 216 g/mol. The number of aromatic nitrogens is 1. The van der Waals surface area contributed by atoms with Crippen LogP contribution < -0.4 is 5.32 Å². The van der Waals surface area contributed by atoms with Gasteiger partial charge in [0, 0.05) is 12.6 Å². The van der Waals surface area contributed by atoms with E-state index in [0.29, 0.717) is 17.0 Å². The fourth-order valence-corrected chi connectivity index (χ4v) is 1.67. The molecule has 1 amide bonds. The van der Waals surface area contributed by atoms with Crippen molar-refractivity contribution in [1.29, 1.82) is 0 Å². The van der Waals surface area contributed by atoms with Crippen LogP contribution in [0.2, 0.25) is 0 Å². The molecule has 0 saturated heterocycles. The van der Waals surface area contributed by atoms with Crippen molar-refractivity contribution >= 4 is 5.91 Å². The molecule has 0 atom stereocenters. The van der Waals surface area contributed by atoms with Gasteiger partial charge in [-0.15, -0.1) is 0 Å². The van der Waals surface area contributed by atoms with Crippen LogP contribution in [0, 0.1) is 13.8 Å². The molecule has 0 bridgehead atoms. The van der Waals surface area contributed by atoms with E-state index in [1.807, 2.05) is 31.2 Å². The van der Waals surface area contributed by atoms with Gasteiger partial charge in [-0.25, -0.2) is 0 Å². The average Bonchev–Trinajstić information content (AvgIpc) is 2.71. The van der Waals surface area contributed by atoms with E-state index in [-0.39, 0.29) is 5.91 Å². The highest BCUT2D eigenvalue weighted by Crippen LogP contribution is 2.25. The molecule has 1 aromatic carbocycles. The third-order valence-corrected chi connectivity index (χ3v) is 2.64. The summed E-state index contributed by atoms with van der Waals surface area (Å²) in [5.74, 6) is 0.347. The van der Waals surface area contributed by atoms with Crippen LogP contribution in [0.1, 0.15) is 21.7 Å². The number of carbonyl (C=O) groups is 1. The van der Waals surface area contributed by atoms with Gasteiger partial charge in [0.25, 0.3) is 5.91 Å². The minimum absolute atomic E-state index is 0.181. The maximum absolute atomic E-state index is 11.7. The summed E-state index contributed by atoms with van der Waals surface area (Å²) in [7, 11) is 1.59. The van der Waals surface area contributed by atoms with Crippen LogP contribution in [0.25, 0.3) is 11.3 Å². The Morgan fingerprint density at radius 2 is 1.88 bits per heavy atom. The van der Waals surface area contributed by atoms with E-state index < -0.39 is 0 Å². The Labute approximate surface area is 99.6 Å². The van der Waals surface area contributed by atoms with Gasteiger partial charge >= 0.3 is 0 Å². The molecule has 1 N–H and O–H groups in total. The topological polar surface area (TPSA) is 55.1 Å². The first kappa shape index (κ1) is 11.4. The van der Waals surface area contributed by atoms with Crippen molar-refractivity contribution in [3.63, 3.8) is 0 Å². The predicted molar refractivity (Wildman–Crippen MR) is 64.8 cm³/mol. The lowest BCUT2D eigenvalue weighted by Gasteiger charge is -2.01. The summed E-state index contributed by atoms with van der Waals surface area (Å²) < 4.78 is 5.09. The lowest BCUT2D eigenvalue weighted by molar-refractivity contribution is 0.0962. The summed E-state index contributed by atoms with van der Waals surface area (Å²) in [6.07, 6.45) is 0. The number of nitrogens with one attached hydrogen (secondary N) is 1. The number of amides is 1. The number of carbonyl (C=O) groups excluding carboxylic acids is 1. The van der Waals surface area contributed by atoms with Gasteiger partial charge < -0.3 is 9.84 Å². The van der Waals surface area contributed by atoms with E-state index in [2.05, 4.69) is 10.5 Å². The van der Waals surface area contributed by atoms with E-state index in [9.17, 15) is 4.79 Å². The van der Waals surface area contributed by atoms with Gasteiger partial charge in [-0.05, 0) is 13.8 Å². The second-order valence-corrected chi connectivity index (χ2v) is 3.91. The maximum atomic E-state index is 11.7. The highest BCUT2D eigenvalue weighted by molar-refractivity contribution is 6.00. The second kappa shape index (κ2) is 4.41. The summed E-state index contributed by atoms with van der Waals surface area (Å²) in [6, 6.07) is 7.82. The molecule has 1 aromatic heterocycles. The smallest absolute Gasteiger partial charge is 0.256 e. The largest absolute Gasteiger partial charge is 0.360 e. The molecule has 2 aromatic rings. The van der Waals surface area contributed by atoms with Gasteiger partial charge in [-0.3, -0.25) is 4.79 Å². The molecule has 17 heavy (non-hydrogen) atoms. The summed E-state index contributed by atoms with van der Waals surface area (Å²) >= 11 is 0. The fraction of sp³-hybridized carbons (Fsp3) is 0.231. The quantitative estimate of drug-likeness (QED) is 0.861. The molecular formula is C13H14N2O2. The van der Waals surface area contributed by atoms with Crippen molar-refractivity contribution < 1.29 is 9.32 Å². The molecule has 0 saturated carbocycles. The molecule has 0 spiro atoms. The van der Waals surface area contributed by atoms with E-state index in [0.717, 1.165) is 11.1 Å². The Kier molecular flexibility index (Phi) is 2.95. The Morgan fingerprint density at radius 1 is 1.24 bits per heavy atom. The van der Waals surface area contributed by atoms with Gasteiger partial charge in [0.1, 0.15) is 17.0 Å². The van der Waals surface area contributed by atoms with Crippen LogP contribution in [0.15, 0.2) is 28.8 Å². The first-order chi connectivity index (χ1) is 8.13. The highest BCUT2D eigenvalue weighted by Gasteiger charge is 2.20. The molecule has 0 aliphatic carbocycles. The zero-order valence-electron chi connectivity index (χ0n) is 10.1. The third kappa shape index (κ3) is 2.06. The standard InChI is InChI=1S/C13H14N2O2/c1-8-4-6-10(7-5-8)12-11(13(16)14-3)9(2)17-15-12/h4-7H,1-3H3,(H,14,16). The molecule has 0 unspecified atom stereocenters. The van der Waals surface area contributed by atoms with Crippen LogP contribution in [0.3, 0.4) is 0 Å². The molecule has 0 fully saturated rings. The number of aryl methyl sites for hydroxylation is 2. The molecule has 2 rings (SSSR count). The van der Waals surface area contributed by atoms with Crippen LogP contribution in [-0.2, 0) is 0 Å². The Balaban J connectivity index is 2.52. The van der Waals surface area contributed by atoms with Gasteiger partial charge in [-0.2, -0.15) is 0 Å². The van der Waals surface area contributed by atoms with Gasteiger partial charge in [0.05, 0.1) is 0 Å². The van der Waals surface area contributed by atoms with Crippen LogP contribution >= 0.6 is 0 Å². The SMILES string of the molecule is CNC(=O)c1c(-c2ccc(C)cc2)noc1C. The average molecular weight is 230 g/mol. The molecule has 0 radical (unpaired) electrons. The number of rotatable bonds is 2.